The zero-order valence-electron chi connectivity index (χ0n) is 8.24. The third-order valence-electron chi connectivity index (χ3n) is 1.89. The van der Waals surface area contributed by atoms with Crippen molar-refractivity contribution in [3.05, 3.63) is 28.8 Å². The van der Waals surface area contributed by atoms with Gasteiger partial charge in [0.2, 0.25) is 0 Å². The van der Waals surface area contributed by atoms with Crippen LogP contribution >= 0.6 is 0 Å². The lowest BCUT2D eigenvalue weighted by molar-refractivity contribution is -0.0503. The van der Waals surface area contributed by atoms with Gasteiger partial charge in [0.05, 0.1) is 0 Å². The lowest BCUT2D eigenvalue weighted by Gasteiger charge is -2.10. The highest BCUT2D eigenvalue weighted by Gasteiger charge is 2.18. The van der Waals surface area contributed by atoms with E-state index in [9.17, 15) is 18.4 Å². The SMILES string of the molecule is Cc1cc(C=O)cc(OC(F)F)c1C(=O)O. The van der Waals surface area contributed by atoms with Gasteiger partial charge in [-0.15, -0.1) is 0 Å². The number of carbonyl (C=O) groups excluding carboxylic acids is 1. The number of ether oxygens (including phenoxy) is 1. The topological polar surface area (TPSA) is 63.6 Å². The molecule has 6 heteroatoms. The first-order valence-electron chi connectivity index (χ1n) is 4.23. The molecule has 0 amide bonds. The van der Waals surface area contributed by atoms with Gasteiger partial charge in [0, 0.05) is 5.56 Å². The summed E-state index contributed by atoms with van der Waals surface area (Å²) in [5.74, 6) is -1.89. The quantitative estimate of drug-likeness (QED) is 0.804. The molecule has 0 bridgehead atoms. The number of rotatable bonds is 4. The zero-order valence-corrected chi connectivity index (χ0v) is 8.24. The van der Waals surface area contributed by atoms with Crippen LogP contribution in [0.5, 0.6) is 5.75 Å². The normalized spacial score (nSPS) is 10.2. The summed E-state index contributed by atoms with van der Waals surface area (Å²) in [4.78, 5) is 21.3. The van der Waals surface area contributed by atoms with Crippen molar-refractivity contribution in [1.29, 1.82) is 0 Å². The fourth-order valence-electron chi connectivity index (χ4n) is 1.31. The molecule has 0 saturated heterocycles. The van der Waals surface area contributed by atoms with Gasteiger partial charge >= 0.3 is 12.6 Å². The summed E-state index contributed by atoms with van der Waals surface area (Å²) in [7, 11) is 0. The van der Waals surface area contributed by atoms with Gasteiger partial charge < -0.3 is 9.84 Å². The van der Waals surface area contributed by atoms with Crippen molar-refractivity contribution in [2.24, 2.45) is 0 Å². The van der Waals surface area contributed by atoms with E-state index in [2.05, 4.69) is 4.74 Å². The van der Waals surface area contributed by atoms with Gasteiger partial charge in [0.25, 0.3) is 0 Å². The number of benzene rings is 1. The second kappa shape index (κ2) is 4.69. The van der Waals surface area contributed by atoms with Crippen LogP contribution in [0, 0.1) is 6.92 Å². The standard InChI is InChI=1S/C10H8F2O4/c1-5-2-6(4-13)3-7(16-10(11)12)8(5)9(14)15/h2-4,10H,1H3,(H,14,15). The summed E-state index contributed by atoms with van der Waals surface area (Å²) in [5.41, 5.74) is -0.100. The molecule has 1 aromatic carbocycles. The number of carboxylic acid groups (broad SMARTS) is 1. The van der Waals surface area contributed by atoms with Crippen molar-refractivity contribution >= 4 is 12.3 Å². The molecule has 0 aliphatic carbocycles. The molecular weight excluding hydrogens is 222 g/mol. The Labute approximate surface area is 89.5 Å². The molecule has 0 fully saturated rings. The van der Waals surface area contributed by atoms with Crippen LogP contribution in [0.25, 0.3) is 0 Å². The number of alkyl halides is 2. The minimum absolute atomic E-state index is 0.0816. The van der Waals surface area contributed by atoms with Crippen molar-refractivity contribution in [2.45, 2.75) is 13.5 Å². The average molecular weight is 230 g/mol. The summed E-state index contributed by atoms with van der Waals surface area (Å²) in [6, 6.07) is 2.25. The predicted octanol–water partition coefficient (Wildman–Crippen LogP) is 2.11. The summed E-state index contributed by atoms with van der Waals surface area (Å²) >= 11 is 0. The lowest BCUT2D eigenvalue weighted by Crippen LogP contribution is -2.10. The van der Waals surface area contributed by atoms with E-state index in [0.717, 1.165) is 6.07 Å². The predicted molar refractivity (Wildman–Crippen MR) is 50.2 cm³/mol. The third-order valence-corrected chi connectivity index (χ3v) is 1.89. The first-order chi connectivity index (χ1) is 7.45. The van der Waals surface area contributed by atoms with Crippen LogP contribution in [0.2, 0.25) is 0 Å². The maximum atomic E-state index is 12.0. The Bertz CT molecular complexity index is 429. The summed E-state index contributed by atoms with van der Waals surface area (Å²) < 4.78 is 28.1. The molecule has 0 heterocycles. The Morgan fingerprint density at radius 2 is 2.12 bits per heavy atom. The molecular formula is C10H8F2O4. The van der Waals surface area contributed by atoms with Crippen LogP contribution in [-0.4, -0.2) is 24.0 Å². The van der Waals surface area contributed by atoms with Crippen LogP contribution in [0.4, 0.5) is 8.78 Å². The van der Waals surface area contributed by atoms with Gasteiger partial charge in [-0.25, -0.2) is 4.79 Å². The molecule has 0 spiro atoms. The summed E-state index contributed by atoms with van der Waals surface area (Å²) in [6.45, 7) is -1.74. The number of aromatic carboxylic acids is 1. The fraction of sp³-hybridized carbons (Fsp3) is 0.200. The minimum Gasteiger partial charge on any atom is -0.478 e. The van der Waals surface area contributed by atoms with Gasteiger partial charge in [0.1, 0.15) is 17.6 Å². The van der Waals surface area contributed by atoms with Crippen LogP contribution in [-0.2, 0) is 0 Å². The molecule has 1 rings (SSSR count). The van der Waals surface area contributed by atoms with E-state index in [0.29, 0.717) is 6.29 Å². The lowest BCUT2D eigenvalue weighted by atomic mass is 10.0. The Morgan fingerprint density at radius 3 is 2.56 bits per heavy atom. The molecule has 4 nitrogen and oxygen atoms in total. The number of carboxylic acids is 1. The van der Waals surface area contributed by atoms with E-state index in [4.69, 9.17) is 5.11 Å². The Balaban J connectivity index is 3.34. The molecule has 0 atom stereocenters. The summed E-state index contributed by atoms with van der Waals surface area (Å²) in [6.07, 6.45) is 0.428. The number of aryl methyl sites for hydroxylation is 1. The number of aldehydes is 1. The van der Waals surface area contributed by atoms with Gasteiger partial charge in [-0.1, -0.05) is 0 Å². The molecule has 0 unspecified atom stereocenters. The highest BCUT2D eigenvalue weighted by atomic mass is 19.3. The van der Waals surface area contributed by atoms with E-state index in [1.807, 2.05) is 0 Å². The van der Waals surface area contributed by atoms with Crippen molar-refractivity contribution < 1.29 is 28.2 Å². The first kappa shape index (κ1) is 12.1. The minimum atomic E-state index is -3.14. The van der Waals surface area contributed by atoms with Gasteiger partial charge in [-0.2, -0.15) is 8.78 Å². The molecule has 0 saturated carbocycles. The maximum Gasteiger partial charge on any atom is 0.387 e. The van der Waals surface area contributed by atoms with Crippen LogP contribution in [0.3, 0.4) is 0 Å². The average Bonchev–Trinajstić information content (AvgIpc) is 2.14. The van der Waals surface area contributed by atoms with Crippen LogP contribution in [0.1, 0.15) is 26.3 Å². The Morgan fingerprint density at radius 1 is 1.50 bits per heavy atom. The second-order valence-electron chi connectivity index (χ2n) is 3.01. The molecule has 0 radical (unpaired) electrons. The Hall–Kier alpha value is -1.98. The fourth-order valence-corrected chi connectivity index (χ4v) is 1.31. The van der Waals surface area contributed by atoms with E-state index < -0.39 is 18.3 Å². The van der Waals surface area contributed by atoms with Gasteiger partial charge in [-0.05, 0) is 24.6 Å². The largest absolute Gasteiger partial charge is 0.478 e. The van der Waals surface area contributed by atoms with Crippen molar-refractivity contribution in [1.82, 2.24) is 0 Å². The maximum absolute atomic E-state index is 12.0. The van der Waals surface area contributed by atoms with Crippen molar-refractivity contribution in [2.75, 3.05) is 0 Å². The third kappa shape index (κ3) is 2.53. The van der Waals surface area contributed by atoms with E-state index in [1.54, 1.807) is 0 Å². The van der Waals surface area contributed by atoms with E-state index >= 15 is 0 Å². The number of hydrogen-bond acceptors (Lipinski definition) is 3. The Kier molecular flexibility index (Phi) is 3.55. The van der Waals surface area contributed by atoms with E-state index in [-0.39, 0.29) is 16.7 Å². The molecule has 0 aliphatic rings. The molecule has 0 aliphatic heterocycles. The van der Waals surface area contributed by atoms with Crippen LogP contribution in [0.15, 0.2) is 12.1 Å². The number of hydrogen-bond donors (Lipinski definition) is 1. The number of carbonyl (C=O) groups is 2. The number of halogens is 2. The summed E-state index contributed by atoms with van der Waals surface area (Å²) in [5, 5.41) is 8.81. The highest BCUT2D eigenvalue weighted by Crippen LogP contribution is 2.25. The van der Waals surface area contributed by atoms with Gasteiger partial charge in [0.15, 0.2) is 0 Å². The highest BCUT2D eigenvalue weighted by molar-refractivity contribution is 5.94. The molecule has 86 valence electrons. The zero-order chi connectivity index (χ0) is 12.3. The monoisotopic (exact) mass is 230 g/mol. The van der Waals surface area contributed by atoms with Crippen LogP contribution < -0.4 is 4.74 Å². The van der Waals surface area contributed by atoms with Crippen molar-refractivity contribution in [3.8, 4) is 5.75 Å². The molecule has 1 N–H and O–H groups in total. The van der Waals surface area contributed by atoms with E-state index in [1.165, 1.54) is 13.0 Å². The van der Waals surface area contributed by atoms with Crippen molar-refractivity contribution in [3.63, 3.8) is 0 Å². The molecule has 1 aromatic rings. The second-order valence-corrected chi connectivity index (χ2v) is 3.01. The van der Waals surface area contributed by atoms with Gasteiger partial charge in [-0.3, -0.25) is 4.79 Å². The smallest absolute Gasteiger partial charge is 0.387 e. The molecule has 0 aromatic heterocycles. The molecule has 16 heavy (non-hydrogen) atoms. The first-order valence-corrected chi connectivity index (χ1v) is 4.23.